The molecule has 1 fully saturated rings. The van der Waals surface area contributed by atoms with Crippen LogP contribution in [0.15, 0.2) is 17.2 Å². The van der Waals surface area contributed by atoms with E-state index in [4.69, 9.17) is 11.6 Å². The molecule has 1 atom stereocenters. The van der Waals surface area contributed by atoms with Crippen LogP contribution in [-0.4, -0.2) is 28.5 Å². The summed E-state index contributed by atoms with van der Waals surface area (Å²) in [7, 11) is 0. The second-order valence-electron chi connectivity index (χ2n) is 4.10. The number of hydrogen-bond donors (Lipinski definition) is 0. The van der Waals surface area contributed by atoms with Crippen LogP contribution < -0.4 is 10.5 Å². The van der Waals surface area contributed by atoms with Crippen molar-refractivity contribution in [1.29, 1.82) is 0 Å². The molecule has 0 bridgehead atoms. The summed E-state index contributed by atoms with van der Waals surface area (Å²) < 4.78 is 1.68. The van der Waals surface area contributed by atoms with E-state index in [0.717, 1.165) is 19.5 Å². The highest BCUT2D eigenvalue weighted by atomic mass is 35.5. The summed E-state index contributed by atoms with van der Waals surface area (Å²) in [4.78, 5) is 18.2. The Kier molecular flexibility index (Phi) is 3.49. The van der Waals surface area contributed by atoms with Crippen molar-refractivity contribution in [3.63, 3.8) is 0 Å². The summed E-state index contributed by atoms with van der Waals surface area (Å²) in [6.45, 7) is 4.37. The van der Waals surface area contributed by atoms with Crippen LogP contribution in [0.3, 0.4) is 0 Å². The third kappa shape index (κ3) is 2.07. The van der Waals surface area contributed by atoms with Gasteiger partial charge in [-0.25, -0.2) is 4.98 Å². The molecule has 88 valence electrons. The van der Waals surface area contributed by atoms with Crippen LogP contribution in [0.4, 0.5) is 5.82 Å². The van der Waals surface area contributed by atoms with Crippen LogP contribution in [-0.2, 0) is 6.54 Å². The van der Waals surface area contributed by atoms with E-state index in [2.05, 4.69) is 4.98 Å². The average Bonchev–Trinajstić information content (AvgIpc) is 2.78. The molecule has 1 saturated heterocycles. The Hall–Kier alpha value is -1.03. The summed E-state index contributed by atoms with van der Waals surface area (Å²) in [6, 6.07) is 0. The van der Waals surface area contributed by atoms with Crippen LogP contribution >= 0.6 is 11.6 Å². The van der Waals surface area contributed by atoms with E-state index in [-0.39, 0.29) is 5.56 Å². The molecule has 0 N–H and O–H groups in total. The Morgan fingerprint density at radius 2 is 2.44 bits per heavy atom. The first-order valence-electron chi connectivity index (χ1n) is 5.62. The predicted octanol–water partition coefficient (Wildman–Crippen LogP) is 1.33. The van der Waals surface area contributed by atoms with Crippen molar-refractivity contribution < 1.29 is 0 Å². The highest BCUT2D eigenvalue weighted by Gasteiger charge is 2.24. The summed E-state index contributed by atoms with van der Waals surface area (Å²) in [5, 5.41) is 0. The molecular weight excluding hydrogens is 226 g/mol. The Bertz CT molecular complexity index is 418. The van der Waals surface area contributed by atoms with Gasteiger partial charge in [0.05, 0.1) is 0 Å². The van der Waals surface area contributed by atoms with Gasteiger partial charge >= 0.3 is 0 Å². The van der Waals surface area contributed by atoms with Crippen molar-refractivity contribution in [3.05, 3.63) is 22.7 Å². The number of halogens is 1. The maximum atomic E-state index is 12.0. The minimum absolute atomic E-state index is 0.000206. The lowest BCUT2D eigenvalue weighted by Gasteiger charge is -2.16. The van der Waals surface area contributed by atoms with Gasteiger partial charge in [0, 0.05) is 37.9 Å². The standard InChI is InChI=1S/C11H16ClN3O/c1-2-14-6-4-13-10(11(14)16)15-5-3-9(7-12)8-15/h4,6,9H,2-3,5,7-8H2,1H3. The number of aromatic nitrogens is 2. The second kappa shape index (κ2) is 4.87. The first-order valence-corrected chi connectivity index (χ1v) is 6.16. The molecule has 1 aromatic rings. The topological polar surface area (TPSA) is 38.1 Å². The number of alkyl halides is 1. The molecule has 2 rings (SSSR count). The first kappa shape index (κ1) is 11.5. The Morgan fingerprint density at radius 1 is 1.62 bits per heavy atom. The molecule has 5 heteroatoms. The number of nitrogens with zero attached hydrogens (tertiary/aromatic N) is 3. The molecule has 0 spiro atoms. The first-order chi connectivity index (χ1) is 7.76. The summed E-state index contributed by atoms with van der Waals surface area (Å²) in [6.07, 6.45) is 4.46. The molecule has 1 aromatic heterocycles. The monoisotopic (exact) mass is 241 g/mol. The molecule has 0 aromatic carbocycles. The van der Waals surface area contributed by atoms with Crippen LogP contribution in [0.25, 0.3) is 0 Å². The number of hydrogen-bond acceptors (Lipinski definition) is 3. The zero-order chi connectivity index (χ0) is 11.5. The van der Waals surface area contributed by atoms with Crippen LogP contribution in [0.5, 0.6) is 0 Å². The summed E-state index contributed by atoms with van der Waals surface area (Å²) in [5.74, 6) is 1.71. The Labute approximate surface area is 99.9 Å². The van der Waals surface area contributed by atoms with Gasteiger partial charge in [0.15, 0.2) is 5.82 Å². The number of rotatable bonds is 3. The highest BCUT2D eigenvalue weighted by Crippen LogP contribution is 2.20. The van der Waals surface area contributed by atoms with Crippen molar-refractivity contribution in [1.82, 2.24) is 9.55 Å². The second-order valence-corrected chi connectivity index (χ2v) is 4.41. The van der Waals surface area contributed by atoms with E-state index in [1.54, 1.807) is 17.0 Å². The summed E-state index contributed by atoms with van der Waals surface area (Å²) in [5.41, 5.74) is 0.000206. The number of aryl methyl sites for hydroxylation is 1. The SMILES string of the molecule is CCn1ccnc(N2CCC(CCl)C2)c1=O. The van der Waals surface area contributed by atoms with Gasteiger partial charge in [-0.05, 0) is 19.3 Å². The van der Waals surface area contributed by atoms with Crippen molar-refractivity contribution in [3.8, 4) is 0 Å². The minimum atomic E-state index is 0.000206. The molecule has 1 unspecified atom stereocenters. The van der Waals surface area contributed by atoms with E-state index in [1.165, 1.54) is 0 Å². The fourth-order valence-electron chi connectivity index (χ4n) is 2.05. The third-order valence-corrected chi connectivity index (χ3v) is 3.48. The van der Waals surface area contributed by atoms with Gasteiger partial charge in [0.1, 0.15) is 0 Å². The van der Waals surface area contributed by atoms with Gasteiger partial charge < -0.3 is 9.47 Å². The zero-order valence-electron chi connectivity index (χ0n) is 9.40. The molecule has 0 aliphatic carbocycles. The number of anilines is 1. The van der Waals surface area contributed by atoms with Crippen LogP contribution in [0, 0.1) is 5.92 Å². The van der Waals surface area contributed by atoms with E-state index >= 15 is 0 Å². The fraction of sp³-hybridized carbons (Fsp3) is 0.636. The molecule has 0 amide bonds. The molecule has 1 aliphatic heterocycles. The lowest BCUT2D eigenvalue weighted by molar-refractivity contribution is 0.663. The quantitative estimate of drug-likeness (QED) is 0.750. The van der Waals surface area contributed by atoms with Crippen molar-refractivity contribution >= 4 is 17.4 Å². The van der Waals surface area contributed by atoms with Gasteiger partial charge in [-0.2, -0.15) is 0 Å². The molecule has 2 heterocycles. The van der Waals surface area contributed by atoms with Crippen molar-refractivity contribution in [2.45, 2.75) is 19.9 Å². The van der Waals surface area contributed by atoms with E-state index < -0.39 is 0 Å². The van der Waals surface area contributed by atoms with Gasteiger partial charge in [-0.3, -0.25) is 4.79 Å². The normalized spacial score (nSPS) is 20.4. The largest absolute Gasteiger partial charge is 0.352 e. The third-order valence-electron chi connectivity index (χ3n) is 3.04. The van der Waals surface area contributed by atoms with Crippen molar-refractivity contribution in [2.24, 2.45) is 5.92 Å². The van der Waals surface area contributed by atoms with Gasteiger partial charge in [0.2, 0.25) is 0 Å². The molecule has 16 heavy (non-hydrogen) atoms. The van der Waals surface area contributed by atoms with Gasteiger partial charge in [-0.1, -0.05) is 0 Å². The lowest BCUT2D eigenvalue weighted by atomic mass is 10.2. The average molecular weight is 242 g/mol. The fourth-order valence-corrected chi connectivity index (χ4v) is 2.30. The molecule has 4 nitrogen and oxygen atoms in total. The van der Waals surface area contributed by atoms with E-state index in [0.29, 0.717) is 24.2 Å². The lowest BCUT2D eigenvalue weighted by Crippen LogP contribution is -2.31. The van der Waals surface area contributed by atoms with E-state index in [9.17, 15) is 4.79 Å². The van der Waals surface area contributed by atoms with Gasteiger partial charge in [0.25, 0.3) is 5.56 Å². The molecule has 1 aliphatic rings. The maximum Gasteiger partial charge on any atom is 0.293 e. The molecular formula is C11H16ClN3O. The zero-order valence-corrected chi connectivity index (χ0v) is 10.2. The molecule has 0 saturated carbocycles. The highest BCUT2D eigenvalue weighted by molar-refractivity contribution is 6.18. The van der Waals surface area contributed by atoms with Crippen LogP contribution in [0.1, 0.15) is 13.3 Å². The van der Waals surface area contributed by atoms with Gasteiger partial charge in [-0.15, -0.1) is 11.6 Å². The minimum Gasteiger partial charge on any atom is -0.352 e. The Balaban J connectivity index is 2.25. The summed E-state index contributed by atoms with van der Waals surface area (Å²) >= 11 is 5.83. The smallest absolute Gasteiger partial charge is 0.293 e. The van der Waals surface area contributed by atoms with E-state index in [1.807, 2.05) is 11.8 Å². The maximum absolute atomic E-state index is 12.0. The predicted molar refractivity (Wildman–Crippen MR) is 65.2 cm³/mol. The molecule has 0 radical (unpaired) electrons. The van der Waals surface area contributed by atoms with Crippen LogP contribution in [0.2, 0.25) is 0 Å². The Morgan fingerprint density at radius 3 is 3.06 bits per heavy atom. The van der Waals surface area contributed by atoms with Crippen molar-refractivity contribution in [2.75, 3.05) is 23.9 Å².